The van der Waals surface area contributed by atoms with Gasteiger partial charge in [0.05, 0.1) is 28.6 Å². The molecule has 7 nitrogen and oxygen atoms in total. The Morgan fingerprint density at radius 1 is 1.12 bits per heavy atom. The van der Waals surface area contributed by atoms with Crippen molar-refractivity contribution >= 4 is 39.1 Å². The molecule has 0 spiro atoms. The van der Waals surface area contributed by atoms with Gasteiger partial charge in [-0.3, -0.25) is 9.59 Å². The molecule has 5 rings (SSSR count). The Kier molecular flexibility index (Phi) is 7.19. The average Bonchev–Trinajstić information content (AvgIpc) is 3.30. The minimum Gasteiger partial charge on any atom is -0.481 e. The smallest absolute Gasteiger partial charge is 0.304 e. The van der Waals surface area contributed by atoms with Crippen molar-refractivity contribution in [2.24, 2.45) is 5.41 Å². The summed E-state index contributed by atoms with van der Waals surface area (Å²) >= 11 is 1.57. The first-order chi connectivity index (χ1) is 16.3. The molecule has 2 heterocycles. The Morgan fingerprint density at radius 3 is 2.32 bits per heavy atom. The predicted octanol–water partition coefficient (Wildman–Crippen LogP) is 3.56. The largest absolute Gasteiger partial charge is 0.481 e. The van der Waals surface area contributed by atoms with Crippen molar-refractivity contribution in [1.82, 2.24) is 15.2 Å². The molecule has 1 aliphatic heterocycles. The van der Waals surface area contributed by atoms with Crippen LogP contribution in [0.1, 0.15) is 29.0 Å². The van der Waals surface area contributed by atoms with Crippen LogP contribution in [0.3, 0.4) is 0 Å². The van der Waals surface area contributed by atoms with E-state index in [1.54, 1.807) is 11.3 Å². The minimum absolute atomic E-state index is 0.174. The Morgan fingerprint density at radius 2 is 1.76 bits per heavy atom. The topological polar surface area (TPSA) is 85.8 Å². The Hall–Kier alpha value is -2.97. The molecule has 0 bridgehead atoms. The first kappa shape index (κ1) is 24.2. The van der Waals surface area contributed by atoms with Gasteiger partial charge in [-0.2, -0.15) is 0 Å². The summed E-state index contributed by atoms with van der Waals surface area (Å²) in [5.74, 6) is -1.15. The second-order valence-corrected chi connectivity index (χ2v) is 10.7. The predicted molar refractivity (Wildman–Crippen MR) is 136 cm³/mol. The van der Waals surface area contributed by atoms with Crippen LogP contribution >= 0.6 is 11.3 Å². The van der Waals surface area contributed by atoms with Crippen molar-refractivity contribution in [3.8, 4) is 0 Å². The highest BCUT2D eigenvalue weighted by molar-refractivity contribution is 7.18. The monoisotopic (exact) mass is 480 g/mol. The highest BCUT2D eigenvalue weighted by atomic mass is 32.1. The summed E-state index contributed by atoms with van der Waals surface area (Å²) in [6.45, 7) is 2.49. The summed E-state index contributed by atoms with van der Waals surface area (Å²) in [7, 11) is 6.00. The zero-order valence-electron chi connectivity index (χ0n) is 20.0. The van der Waals surface area contributed by atoms with Crippen LogP contribution in [0.4, 0.5) is 5.69 Å². The summed E-state index contributed by atoms with van der Waals surface area (Å²) in [4.78, 5) is 33.7. The molecule has 8 heteroatoms. The van der Waals surface area contributed by atoms with Crippen LogP contribution in [0, 0.1) is 5.41 Å². The van der Waals surface area contributed by atoms with E-state index in [1.165, 1.54) is 12.1 Å². The van der Waals surface area contributed by atoms with Crippen LogP contribution < -0.4 is 10.2 Å². The van der Waals surface area contributed by atoms with E-state index < -0.39 is 11.4 Å². The number of nitrogens with one attached hydrogen (secondary N) is 1. The van der Waals surface area contributed by atoms with Gasteiger partial charge in [-0.1, -0.05) is 24.3 Å². The van der Waals surface area contributed by atoms with Crippen molar-refractivity contribution < 1.29 is 14.7 Å². The van der Waals surface area contributed by atoms with Gasteiger partial charge in [0.1, 0.15) is 5.01 Å². The second-order valence-electron chi connectivity index (χ2n) is 9.60. The summed E-state index contributed by atoms with van der Waals surface area (Å²) in [5, 5.41) is 13.3. The Balaban J connectivity index is 0.000000636. The van der Waals surface area contributed by atoms with Crippen molar-refractivity contribution in [2.75, 3.05) is 39.1 Å². The van der Waals surface area contributed by atoms with E-state index in [1.807, 2.05) is 50.3 Å². The number of aromatic nitrogens is 1. The standard InChI is InChI=1S/C23H23N3O3S.C3H9N/c27-21(28)13-23(11-15-4-1-2-5-16(15)12-23)22(29)24-14-20-25-18-10-17(26-8-3-9-26)6-7-19(18)30-20;1-4(2)3/h1-2,4-7,10H,3,8-9,11-14H2,(H,24,29)(H,27,28);1-3H3. The second kappa shape index (κ2) is 10.1. The first-order valence-electron chi connectivity index (χ1n) is 11.6. The van der Waals surface area contributed by atoms with Gasteiger partial charge in [-0.25, -0.2) is 4.98 Å². The number of anilines is 1. The quantitative estimate of drug-likeness (QED) is 0.561. The maximum Gasteiger partial charge on any atom is 0.304 e. The summed E-state index contributed by atoms with van der Waals surface area (Å²) in [6, 6.07) is 14.2. The normalized spacial score (nSPS) is 15.9. The maximum absolute atomic E-state index is 13.1. The van der Waals surface area contributed by atoms with Gasteiger partial charge in [-0.15, -0.1) is 11.3 Å². The molecule has 34 heavy (non-hydrogen) atoms. The summed E-state index contributed by atoms with van der Waals surface area (Å²) < 4.78 is 1.09. The number of carbonyl (C=O) groups is 2. The number of rotatable bonds is 6. The molecule has 0 saturated carbocycles. The fourth-order valence-corrected chi connectivity index (χ4v) is 5.39. The van der Waals surface area contributed by atoms with E-state index in [-0.39, 0.29) is 12.3 Å². The van der Waals surface area contributed by atoms with Gasteiger partial charge in [0.15, 0.2) is 0 Å². The van der Waals surface area contributed by atoms with Crippen molar-refractivity contribution in [3.63, 3.8) is 0 Å². The zero-order chi connectivity index (χ0) is 24.3. The van der Waals surface area contributed by atoms with E-state index in [0.717, 1.165) is 39.4 Å². The highest BCUT2D eigenvalue weighted by Gasteiger charge is 2.45. The molecule has 0 atom stereocenters. The summed E-state index contributed by atoms with van der Waals surface area (Å²) in [6.07, 6.45) is 1.97. The van der Waals surface area contributed by atoms with Gasteiger partial charge in [0, 0.05) is 18.8 Å². The third-order valence-corrected chi connectivity index (χ3v) is 7.22. The lowest BCUT2D eigenvalue weighted by atomic mass is 9.80. The average molecular weight is 481 g/mol. The van der Waals surface area contributed by atoms with Crippen molar-refractivity contribution in [1.29, 1.82) is 0 Å². The Labute approximate surface area is 204 Å². The van der Waals surface area contributed by atoms with Gasteiger partial charge in [-0.05, 0) is 69.7 Å². The van der Waals surface area contributed by atoms with Crippen LogP contribution in [0.2, 0.25) is 0 Å². The number of hydrogen-bond donors (Lipinski definition) is 2. The number of carbonyl (C=O) groups excluding carboxylic acids is 1. The van der Waals surface area contributed by atoms with E-state index in [9.17, 15) is 14.7 Å². The number of amides is 1. The fraction of sp³-hybridized carbons (Fsp3) is 0.423. The zero-order valence-corrected chi connectivity index (χ0v) is 20.8. The van der Waals surface area contributed by atoms with E-state index in [0.29, 0.717) is 19.4 Å². The van der Waals surface area contributed by atoms with Crippen LogP contribution in [0.25, 0.3) is 10.2 Å². The van der Waals surface area contributed by atoms with E-state index in [2.05, 4.69) is 28.4 Å². The fourth-order valence-electron chi connectivity index (χ4n) is 4.50. The van der Waals surface area contributed by atoms with Crippen molar-refractivity contribution in [3.05, 3.63) is 58.6 Å². The molecular weight excluding hydrogens is 448 g/mol. The third-order valence-electron chi connectivity index (χ3n) is 6.18. The number of fused-ring (bicyclic) bond motifs is 2. The molecule has 1 aromatic heterocycles. The molecule has 2 aliphatic rings. The lowest BCUT2D eigenvalue weighted by molar-refractivity contribution is -0.145. The van der Waals surface area contributed by atoms with Gasteiger partial charge in [0.2, 0.25) is 5.91 Å². The van der Waals surface area contributed by atoms with Gasteiger partial charge < -0.3 is 20.2 Å². The summed E-state index contributed by atoms with van der Waals surface area (Å²) in [5.41, 5.74) is 3.33. The number of thiazole rings is 1. The molecule has 2 N–H and O–H groups in total. The van der Waals surface area contributed by atoms with Crippen LogP contribution in [-0.4, -0.2) is 61.1 Å². The molecule has 1 amide bonds. The maximum atomic E-state index is 13.1. The number of carboxylic acid groups (broad SMARTS) is 1. The van der Waals surface area contributed by atoms with Gasteiger partial charge >= 0.3 is 5.97 Å². The number of hydrogen-bond acceptors (Lipinski definition) is 6. The molecule has 0 unspecified atom stereocenters. The van der Waals surface area contributed by atoms with Crippen molar-refractivity contribution in [2.45, 2.75) is 32.2 Å². The molecule has 3 aromatic rings. The number of carboxylic acids is 1. The van der Waals surface area contributed by atoms with Crippen LogP contribution in [0.15, 0.2) is 42.5 Å². The van der Waals surface area contributed by atoms with Gasteiger partial charge in [0.25, 0.3) is 0 Å². The number of nitrogens with zero attached hydrogens (tertiary/aromatic N) is 3. The minimum atomic E-state index is -0.948. The molecule has 180 valence electrons. The third kappa shape index (κ3) is 5.39. The molecule has 2 aromatic carbocycles. The lowest BCUT2D eigenvalue weighted by Crippen LogP contribution is -2.43. The van der Waals surface area contributed by atoms with E-state index >= 15 is 0 Å². The molecule has 1 fully saturated rings. The molecular formula is C26H32N4O3S. The number of benzene rings is 2. The van der Waals surface area contributed by atoms with E-state index in [4.69, 9.17) is 4.98 Å². The SMILES string of the molecule is CN(C)C.O=C(O)CC1(C(=O)NCc2nc3cc(N4CCC4)ccc3s2)Cc2ccccc2C1. The van der Waals surface area contributed by atoms with Crippen LogP contribution in [0.5, 0.6) is 0 Å². The molecule has 1 aliphatic carbocycles. The molecule has 1 saturated heterocycles. The highest BCUT2D eigenvalue weighted by Crippen LogP contribution is 2.40. The first-order valence-corrected chi connectivity index (χ1v) is 12.4. The molecule has 0 radical (unpaired) electrons. The number of aliphatic carboxylic acids is 1. The Bertz CT molecular complexity index is 1160. The lowest BCUT2D eigenvalue weighted by Gasteiger charge is -2.33. The van der Waals surface area contributed by atoms with Crippen LogP contribution in [-0.2, 0) is 29.0 Å².